The summed E-state index contributed by atoms with van der Waals surface area (Å²) < 4.78 is 1.69. The summed E-state index contributed by atoms with van der Waals surface area (Å²) in [6.07, 6.45) is 3.55. The minimum absolute atomic E-state index is 0.0402. The van der Waals surface area contributed by atoms with Gasteiger partial charge in [-0.15, -0.1) is 11.3 Å². The van der Waals surface area contributed by atoms with E-state index in [2.05, 4.69) is 28.7 Å². The molecule has 2 aromatic rings. The van der Waals surface area contributed by atoms with Gasteiger partial charge < -0.3 is 10.6 Å². The summed E-state index contributed by atoms with van der Waals surface area (Å²) in [6.45, 7) is 2.62. The minimum Gasteiger partial charge on any atom is -0.350 e. The second kappa shape index (κ2) is 5.99. The fourth-order valence-corrected chi connectivity index (χ4v) is 2.72. The lowest BCUT2D eigenvalue weighted by Gasteiger charge is -2.14. The van der Waals surface area contributed by atoms with Crippen molar-refractivity contribution < 1.29 is 4.79 Å². The lowest BCUT2D eigenvalue weighted by molar-refractivity contribution is -0.123. The molecule has 102 valence electrons. The molecule has 0 aromatic carbocycles. The van der Waals surface area contributed by atoms with Crippen molar-refractivity contribution in [3.05, 3.63) is 39.8 Å². The molecule has 0 fully saturated rings. The Labute approximate surface area is 116 Å². The zero-order valence-electron chi connectivity index (χ0n) is 11.3. The Hall–Kier alpha value is -1.66. The van der Waals surface area contributed by atoms with E-state index in [1.165, 1.54) is 4.88 Å². The van der Waals surface area contributed by atoms with E-state index in [4.69, 9.17) is 0 Å². The maximum absolute atomic E-state index is 12.2. The molecule has 2 N–H and O–H groups in total. The Kier molecular flexibility index (Phi) is 4.34. The highest BCUT2D eigenvalue weighted by atomic mass is 32.1. The number of hydrogen-bond acceptors (Lipinski definition) is 4. The van der Waals surface area contributed by atoms with E-state index in [0.717, 1.165) is 10.4 Å². The number of amides is 1. The number of thiophene rings is 1. The highest BCUT2D eigenvalue weighted by molar-refractivity contribution is 7.11. The lowest BCUT2D eigenvalue weighted by Crippen LogP contribution is -2.35. The van der Waals surface area contributed by atoms with Crippen LogP contribution in [0.1, 0.15) is 21.4 Å². The number of nitrogens with zero attached hydrogens (tertiary/aromatic N) is 2. The first-order chi connectivity index (χ1) is 9.10. The summed E-state index contributed by atoms with van der Waals surface area (Å²) in [5.74, 6) is -0.0402. The first kappa shape index (κ1) is 13.8. The molecule has 0 aliphatic carbocycles. The molecule has 5 nitrogen and oxygen atoms in total. The number of carbonyl (C=O) groups excluding carboxylic acids is 1. The van der Waals surface area contributed by atoms with Crippen LogP contribution >= 0.6 is 11.3 Å². The first-order valence-electron chi connectivity index (χ1n) is 6.09. The zero-order valence-corrected chi connectivity index (χ0v) is 12.1. The number of carbonyl (C=O) groups is 1. The van der Waals surface area contributed by atoms with E-state index in [0.29, 0.717) is 6.54 Å². The maximum atomic E-state index is 12.2. The second-order valence-electron chi connectivity index (χ2n) is 4.40. The summed E-state index contributed by atoms with van der Waals surface area (Å²) in [5, 5.41) is 10.0. The monoisotopic (exact) mass is 278 g/mol. The van der Waals surface area contributed by atoms with Crippen molar-refractivity contribution in [1.29, 1.82) is 0 Å². The molecular weight excluding hydrogens is 260 g/mol. The van der Waals surface area contributed by atoms with Crippen LogP contribution in [0.2, 0.25) is 0 Å². The number of aryl methyl sites for hydroxylation is 2. The number of aromatic nitrogens is 2. The normalized spacial score (nSPS) is 12.4. The van der Waals surface area contributed by atoms with Crippen molar-refractivity contribution in [1.82, 2.24) is 20.4 Å². The summed E-state index contributed by atoms with van der Waals surface area (Å²) in [5.41, 5.74) is 0.866. The van der Waals surface area contributed by atoms with Crippen molar-refractivity contribution >= 4 is 17.2 Å². The van der Waals surface area contributed by atoms with Crippen molar-refractivity contribution in [2.24, 2.45) is 7.05 Å². The Morgan fingerprint density at radius 1 is 1.53 bits per heavy atom. The van der Waals surface area contributed by atoms with Crippen LogP contribution in [0.3, 0.4) is 0 Å². The van der Waals surface area contributed by atoms with Gasteiger partial charge >= 0.3 is 0 Å². The van der Waals surface area contributed by atoms with Gasteiger partial charge in [-0.25, -0.2) is 0 Å². The predicted molar refractivity (Wildman–Crippen MR) is 75.9 cm³/mol. The molecule has 0 saturated carbocycles. The van der Waals surface area contributed by atoms with E-state index in [1.54, 1.807) is 29.3 Å². The standard InChI is InChI=1S/C13H18N4OS/c1-9-4-5-11(19-9)7-15-13(18)12(14-2)10-6-16-17(3)8-10/h4-6,8,12,14H,7H2,1-3H3,(H,15,18). The molecule has 0 radical (unpaired) electrons. The molecule has 1 atom stereocenters. The largest absolute Gasteiger partial charge is 0.350 e. The summed E-state index contributed by atoms with van der Waals surface area (Å²) in [7, 11) is 3.61. The van der Waals surface area contributed by atoms with Crippen molar-refractivity contribution in [3.63, 3.8) is 0 Å². The highest BCUT2D eigenvalue weighted by Crippen LogP contribution is 2.16. The van der Waals surface area contributed by atoms with Gasteiger partial charge in [0.25, 0.3) is 0 Å². The third kappa shape index (κ3) is 3.42. The molecule has 6 heteroatoms. The molecule has 0 aliphatic heterocycles. The lowest BCUT2D eigenvalue weighted by atomic mass is 10.1. The van der Waals surface area contributed by atoms with Gasteiger partial charge in [0, 0.05) is 28.6 Å². The van der Waals surface area contributed by atoms with Gasteiger partial charge in [0.2, 0.25) is 5.91 Å². The van der Waals surface area contributed by atoms with Crippen molar-refractivity contribution in [2.45, 2.75) is 19.5 Å². The molecule has 1 amide bonds. The molecule has 19 heavy (non-hydrogen) atoms. The van der Waals surface area contributed by atoms with Gasteiger partial charge in [-0.05, 0) is 26.1 Å². The SMILES string of the molecule is CNC(C(=O)NCc1ccc(C)s1)c1cnn(C)c1. The molecule has 0 saturated heterocycles. The van der Waals surface area contributed by atoms with E-state index in [1.807, 2.05) is 19.3 Å². The quantitative estimate of drug-likeness (QED) is 0.868. The van der Waals surface area contributed by atoms with Crippen LogP contribution in [0.25, 0.3) is 0 Å². The number of rotatable bonds is 5. The first-order valence-corrected chi connectivity index (χ1v) is 6.90. The fraction of sp³-hybridized carbons (Fsp3) is 0.385. The van der Waals surface area contributed by atoms with Crippen LogP contribution in [-0.4, -0.2) is 22.7 Å². The Balaban J connectivity index is 1.97. The summed E-state index contributed by atoms with van der Waals surface area (Å²) >= 11 is 1.70. The van der Waals surface area contributed by atoms with Crippen LogP contribution in [0.5, 0.6) is 0 Å². The van der Waals surface area contributed by atoms with Gasteiger partial charge in [0.05, 0.1) is 12.7 Å². The summed E-state index contributed by atoms with van der Waals surface area (Å²) in [4.78, 5) is 14.6. The molecule has 2 aromatic heterocycles. The average molecular weight is 278 g/mol. The number of likely N-dealkylation sites (N-methyl/N-ethyl adjacent to an activating group) is 1. The molecule has 2 heterocycles. The minimum atomic E-state index is -0.366. The third-order valence-corrected chi connectivity index (χ3v) is 3.84. The Morgan fingerprint density at radius 3 is 2.84 bits per heavy atom. The van der Waals surface area contributed by atoms with Gasteiger partial charge in [-0.1, -0.05) is 0 Å². The number of nitrogens with one attached hydrogen (secondary N) is 2. The maximum Gasteiger partial charge on any atom is 0.242 e. The Bertz CT molecular complexity index is 560. The third-order valence-electron chi connectivity index (χ3n) is 2.84. The molecular formula is C13H18N4OS. The van der Waals surface area contributed by atoms with Gasteiger partial charge in [0.1, 0.15) is 6.04 Å². The van der Waals surface area contributed by atoms with Crippen LogP contribution in [0.15, 0.2) is 24.5 Å². The topological polar surface area (TPSA) is 59.0 Å². The average Bonchev–Trinajstić information content (AvgIpc) is 2.97. The molecule has 1 unspecified atom stereocenters. The van der Waals surface area contributed by atoms with Gasteiger partial charge in [-0.2, -0.15) is 5.10 Å². The van der Waals surface area contributed by atoms with Crippen LogP contribution in [-0.2, 0) is 18.4 Å². The zero-order chi connectivity index (χ0) is 13.8. The molecule has 2 rings (SSSR count). The van der Waals surface area contributed by atoms with Gasteiger partial charge in [0.15, 0.2) is 0 Å². The van der Waals surface area contributed by atoms with Crippen LogP contribution < -0.4 is 10.6 Å². The van der Waals surface area contributed by atoms with Gasteiger partial charge in [-0.3, -0.25) is 9.48 Å². The van der Waals surface area contributed by atoms with Crippen LogP contribution in [0, 0.1) is 6.92 Å². The van der Waals surface area contributed by atoms with E-state index in [-0.39, 0.29) is 11.9 Å². The summed E-state index contributed by atoms with van der Waals surface area (Å²) in [6, 6.07) is 3.73. The van der Waals surface area contributed by atoms with Crippen molar-refractivity contribution in [2.75, 3.05) is 7.05 Å². The van der Waals surface area contributed by atoms with Crippen LogP contribution in [0.4, 0.5) is 0 Å². The molecule has 0 spiro atoms. The van der Waals surface area contributed by atoms with E-state index < -0.39 is 0 Å². The molecule has 0 bridgehead atoms. The second-order valence-corrected chi connectivity index (χ2v) is 5.77. The highest BCUT2D eigenvalue weighted by Gasteiger charge is 2.19. The van der Waals surface area contributed by atoms with Crippen molar-refractivity contribution in [3.8, 4) is 0 Å². The fourth-order valence-electron chi connectivity index (χ4n) is 1.89. The molecule has 0 aliphatic rings. The predicted octanol–water partition coefficient (Wildman–Crippen LogP) is 1.37. The smallest absolute Gasteiger partial charge is 0.242 e. The van der Waals surface area contributed by atoms with E-state index in [9.17, 15) is 4.79 Å². The number of hydrogen-bond donors (Lipinski definition) is 2. The Morgan fingerprint density at radius 2 is 2.32 bits per heavy atom. The van der Waals surface area contributed by atoms with E-state index >= 15 is 0 Å².